The normalized spacial score (nSPS) is 14.6. The van der Waals surface area contributed by atoms with E-state index < -0.39 is 20.0 Å². The fourth-order valence-electron chi connectivity index (χ4n) is 5.92. The Balaban J connectivity index is 4.21. The first kappa shape index (κ1) is 48.7. The quantitative estimate of drug-likeness (QED) is 0.0283. The second kappa shape index (κ2) is 37.5. The summed E-state index contributed by atoms with van der Waals surface area (Å²) in [4.78, 5) is 22.6. The number of rotatable bonds is 38. The van der Waals surface area contributed by atoms with Gasteiger partial charge < -0.3 is 21.1 Å². The largest absolute Gasteiger partial charge is 0.472 e. The number of allylic oxidation sites excluding steroid dienone is 6. The molecule has 0 aliphatic rings. The Kier molecular flexibility index (Phi) is 36.5. The Hall–Kier alpha value is -1.28. The van der Waals surface area contributed by atoms with Crippen molar-refractivity contribution in [2.45, 2.75) is 199 Å². The summed E-state index contributed by atoms with van der Waals surface area (Å²) in [7, 11) is -4.32. The zero-order valence-electron chi connectivity index (χ0n) is 32.4. The van der Waals surface area contributed by atoms with E-state index in [1.807, 2.05) is 0 Å². The summed E-state index contributed by atoms with van der Waals surface area (Å²) in [6.07, 6.45) is 43.0. The molecule has 0 aliphatic heterocycles. The van der Waals surface area contributed by atoms with Gasteiger partial charge in [-0.1, -0.05) is 172 Å². The number of amides is 1. The number of aliphatic hydroxyl groups excluding tert-OH is 1. The van der Waals surface area contributed by atoms with Gasteiger partial charge in [0.05, 0.1) is 25.4 Å². The number of unbranched alkanes of at least 4 members (excludes halogenated alkanes) is 20. The lowest BCUT2D eigenvalue weighted by Gasteiger charge is -2.25. The van der Waals surface area contributed by atoms with Crippen LogP contribution in [0.5, 0.6) is 0 Å². The lowest BCUT2D eigenvalue weighted by molar-refractivity contribution is -0.123. The van der Waals surface area contributed by atoms with Gasteiger partial charge in [0.1, 0.15) is 0 Å². The molecule has 0 rings (SSSR count). The van der Waals surface area contributed by atoms with E-state index in [1.54, 1.807) is 0 Å². The molecule has 0 aromatic heterocycles. The molecule has 1 amide bonds. The molecule has 8 nitrogen and oxygen atoms in total. The minimum Gasteiger partial charge on any atom is -0.391 e. The van der Waals surface area contributed by atoms with Gasteiger partial charge in [-0.3, -0.25) is 13.8 Å². The van der Waals surface area contributed by atoms with Gasteiger partial charge in [0.15, 0.2) is 0 Å². The molecule has 0 aliphatic carbocycles. The maximum Gasteiger partial charge on any atom is 0.472 e. The van der Waals surface area contributed by atoms with Gasteiger partial charge in [0, 0.05) is 13.0 Å². The number of phosphoric acid groups is 1. The first-order chi connectivity index (χ1) is 24.4. The van der Waals surface area contributed by atoms with Crippen molar-refractivity contribution in [2.75, 3.05) is 19.8 Å². The van der Waals surface area contributed by atoms with Crippen LogP contribution in [0.1, 0.15) is 187 Å². The summed E-state index contributed by atoms with van der Waals surface area (Å²) < 4.78 is 22.1. The van der Waals surface area contributed by atoms with Crippen molar-refractivity contribution in [1.82, 2.24) is 5.32 Å². The highest BCUT2D eigenvalue weighted by Crippen LogP contribution is 2.43. The molecule has 0 saturated carbocycles. The summed E-state index contributed by atoms with van der Waals surface area (Å²) in [6.45, 7) is 4.07. The van der Waals surface area contributed by atoms with Gasteiger partial charge in [-0.2, -0.15) is 0 Å². The van der Waals surface area contributed by atoms with E-state index in [0.29, 0.717) is 12.8 Å². The standard InChI is InChI=1S/C41H79N2O6P/c1-3-5-7-9-11-13-15-17-18-19-20-21-23-24-26-28-30-32-34-40(44)39(38-49-50(46,47)48-37-36-42)43-41(45)35-33-31-29-27-25-22-16-14-12-10-8-6-4-2/h6,8,12,14,22,25,39-40,44H,3-5,7,9-11,13,15-21,23-24,26-38,42H2,1-2H3,(H,43,45)(H,46,47)/b8-6-,14-12-,25-22-. The highest BCUT2D eigenvalue weighted by atomic mass is 31.2. The molecular weight excluding hydrogens is 647 g/mol. The van der Waals surface area contributed by atoms with Crippen LogP contribution < -0.4 is 11.1 Å². The number of aliphatic hydroxyl groups is 1. The van der Waals surface area contributed by atoms with Crippen LogP contribution in [-0.4, -0.2) is 47.8 Å². The average molecular weight is 727 g/mol. The summed E-state index contributed by atoms with van der Waals surface area (Å²) in [5, 5.41) is 13.8. The SMILES string of the molecule is CC/C=C\C/C=C\C/C=C\CCCCCC(=O)NC(COP(=O)(O)OCCN)C(O)CCCCCCCCCCCCCCCCCCCC. The van der Waals surface area contributed by atoms with Gasteiger partial charge in [-0.05, 0) is 44.9 Å². The molecular formula is C41H79N2O6P. The van der Waals surface area contributed by atoms with Crippen molar-refractivity contribution >= 4 is 13.7 Å². The van der Waals surface area contributed by atoms with Crippen molar-refractivity contribution < 1.29 is 28.4 Å². The number of carbonyl (C=O) groups excluding carboxylic acids is 1. The van der Waals surface area contributed by atoms with E-state index in [1.165, 1.54) is 96.3 Å². The third kappa shape index (κ3) is 35.1. The Morgan fingerprint density at radius 3 is 1.68 bits per heavy atom. The van der Waals surface area contributed by atoms with E-state index in [9.17, 15) is 19.4 Å². The zero-order valence-corrected chi connectivity index (χ0v) is 33.3. The van der Waals surface area contributed by atoms with Crippen LogP contribution in [0.25, 0.3) is 0 Å². The van der Waals surface area contributed by atoms with Crippen molar-refractivity contribution in [2.24, 2.45) is 5.73 Å². The van der Waals surface area contributed by atoms with Gasteiger partial charge in [-0.15, -0.1) is 0 Å². The smallest absolute Gasteiger partial charge is 0.391 e. The molecule has 0 bridgehead atoms. The molecule has 0 fully saturated rings. The number of nitrogens with one attached hydrogen (secondary N) is 1. The van der Waals surface area contributed by atoms with Crippen LogP contribution in [0, 0.1) is 0 Å². The molecule has 0 saturated heterocycles. The number of hydrogen-bond acceptors (Lipinski definition) is 6. The van der Waals surface area contributed by atoms with Gasteiger partial charge >= 0.3 is 7.82 Å². The van der Waals surface area contributed by atoms with Crippen LogP contribution in [0.2, 0.25) is 0 Å². The van der Waals surface area contributed by atoms with Crippen LogP contribution >= 0.6 is 7.82 Å². The van der Waals surface area contributed by atoms with Crippen molar-refractivity contribution in [3.63, 3.8) is 0 Å². The molecule has 3 atom stereocenters. The minimum absolute atomic E-state index is 0.0832. The predicted molar refractivity (Wildman–Crippen MR) is 212 cm³/mol. The third-order valence-corrected chi connectivity index (χ3v) is 9.99. The summed E-state index contributed by atoms with van der Waals surface area (Å²) in [5.74, 6) is -0.191. The second-order valence-electron chi connectivity index (χ2n) is 13.8. The molecule has 0 radical (unpaired) electrons. The molecule has 0 heterocycles. The Morgan fingerprint density at radius 1 is 0.680 bits per heavy atom. The zero-order chi connectivity index (χ0) is 36.8. The maximum atomic E-state index is 12.7. The van der Waals surface area contributed by atoms with Crippen molar-refractivity contribution in [3.8, 4) is 0 Å². The van der Waals surface area contributed by atoms with Crippen molar-refractivity contribution in [1.29, 1.82) is 0 Å². The van der Waals surface area contributed by atoms with Gasteiger partial charge in [0.25, 0.3) is 0 Å². The number of hydrogen-bond donors (Lipinski definition) is 4. The lowest BCUT2D eigenvalue weighted by atomic mass is 10.0. The van der Waals surface area contributed by atoms with E-state index in [4.69, 9.17) is 14.8 Å². The van der Waals surface area contributed by atoms with Gasteiger partial charge in [-0.25, -0.2) is 4.57 Å². The first-order valence-electron chi connectivity index (χ1n) is 20.6. The Bertz CT molecular complexity index is 881. The highest BCUT2D eigenvalue weighted by Gasteiger charge is 2.27. The summed E-state index contributed by atoms with van der Waals surface area (Å²) >= 11 is 0. The van der Waals surface area contributed by atoms with Crippen LogP contribution in [0.15, 0.2) is 36.5 Å². The molecule has 294 valence electrons. The predicted octanol–water partition coefficient (Wildman–Crippen LogP) is 11.2. The van der Waals surface area contributed by atoms with E-state index in [-0.39, 0.29) is 25.7 Å². The maximum absolute atomic E-state index is 12.7. The second-order valence-corrected chi connectivity index (χ2v) is 15.3. The summed E-state index contributed by atoms with van der Waals surface area (Å²) in [5.41, 5.74) is 5.37. The van der Waals surface area contributed by atoms with Crippen LogP contribution in [-0.2, 0) is 18.4 Å². The van der Waals surface area contributed by atoms with Crippen LogP contribution in [0.4, 0.5) is 0 Å². The Morgan fingerprint density at radius 2 is 1.16 bits per heavy atom. The van der Waals surface area contributed by atoms with E-state index >= 15 is 0 Å². The number of phosphoric ester groups is 1. The highest BCUT2D eigenvalue weighted by molar-refractivity contribution is 7.47. The Labute approximate surface area is 308 Å². The molecule has 3 unspecified atom stereocenters. The average Bonchev–Trinajstić information content (AvgIpc) is 3.10. The topological polar surface area (TPSA) is 131 Å². The number of carbonyl (C=O) groups is 1. The fraction of sp³-hybridized carbons (Fsp3) is 0.829. The summed E-state index contributed by atoms with van der Waals surface area (Å²) in [6, 6.07) is -0.788. The molecule has 0 spiro atoms. The molecule has 0 aromatic carbocycles. The number of nitrogens with two attached hydrogens (primary N) is 1. The van der Waals surface area contributed by atoms with E-state index in [2.05, 4.69) is 55.6 Å². The molecule has 50 heavy (non-hydrogen) atoms. The lowest BCUT2D eigenvalue weighted by Crippen LogP contribution is -2.46. The minimum atomic E-state index is -4.32. The van der Waals surface area contributed by atoms with Crippen molar-refractivity contribution in [3.05, 3.63) is 36.5 Å². The molecule has 0 aromatic rings. The molecule has 9 heteroatoms. The fourth-order valence-corrected chi connectivity index (χ4v) is 6.67. The molecule has 5 N–H and O–H groups in total. The van der Waals surface area contributed by atoms with E-state index in [0.717, 1.165) is 64.2 Å². The third-order valence-electron chi connectivity index (χ3n) is 9.01. The first-order valence-corrected chi connectivity index (χ1v) is 22.1. The van der Waals surface area contributed by atoms with Crippen LogP contribution in [0.3, 0.4) is 0 Å². The monoisotopic (exact) mass is 727 g/mol. The van der Waals surface area contributed by atoms with Gasteiger partial charge in [0.2, 0.25) is 5.91 Å².